The molecule has 172 valence electrons. The van der Waals surface area contributed by atoms with Gasteiger partial charge in [-0.3, -0.25) is 4.57 Å². The lowest BCUT2D eigenvalue weighted by molar-refractivity contribution is -0.00984. The second-order valence-corrected chi connectivity index (χ2v) is 9.21. The number of unbranched alkanes of at least 4 members (excludes halogenated alkanes) is 2. The highest BCUT2D eigenvalue weighted by atomic mass is 16.5. The van der Waals surface area contributed by atoms with Gasteiger partial charge in [-0.05, 0) is 81.3 Å². The molecule has 1 saturated heterocycles. The molecular formula is C26H34N2O4. The third kappa shape index (κ3) is 3.90. The summed E-state index contributed by atoms with van der Waals surface area (Å²) in [5.41, 5.74) is 7.47. The molecule has 3 atom stereocenters. The van der Waals surface area contributed by atoms with E-state index in [0.29, 0.717) is 12.1 Å². The molecule has 6 nitrogen and oxygen atoms in total. The molecule has 0 amide bonds. The van der Waals surface area contributed by atoms with Crippen LogP contribution in [0.2, 0.25) is 0 Å². The van der Waals surface area contributed by atoms with Gasteiger partial charge in [0.05, 0.1) is 17.6 Å². The predicted molar refractivity (Wildman–Crippen MR) is 126 cm³/mol. The van der Waals surface area contributed by atoms with Crippen molar-refractivity contribution in [1.29, 1.82) is 0 Å². The molecule has 1 fully saturated rings. The number of furan rings is 1. The van der Waals surface area contributed by atoms with Crippen molar-refractivity contribution < 1.29 is 14.3 Å². The maximum Gasteiger partial charge on any atom is 0.353 e. The SMILES string of the molecule is CCCCCc1c(C)c(C)c(-c2cc3cn(C4C[C@@H](O)C(C)O4)c(=O)nc3o2)c(C)c1C. The maximum atomic E-state index is 12.6. The molecule has 3 heterocycles. The molecule has 3 aromatic rings. The van der Waals surface area contributed by atoms with E-state index in [1.165, 1.54) is 51.6 Å². The lowest BCUT2D eigenvalue weighted by Gasteiger charge is -2.19. The Morgan fingerprint density at radius 3 is 2.41 bits per heavy atom. The Hall–Kier alpha value is -2.44. The zero-order valence-electron chi connectivity index (χ0n) is 20.0. The number of benzene rings is 1. The van der Waals surface area contributed by atoms with Crippen LogP contribution in [0.1, 0.15) is 73.6 Å². The Kier molecular flexibility index (Phi) is 6.28. The molecule has 1 aromatic carbocycles. The standard InChI is InChI=1S/C26H34N2O4/c1-7-8-9-10-20-14(2)16(4)24(17(5)15(20)3)22-11-19-13-28(26(30)27-25(19)32-22)23-12-21(29)18(6)31-23/h11,13,18,21,23,29H,7-10,12H2,1-6H3/t18?,21-,23?/m1/s1. The van der Waals surface area contributed by atoms with Crippen molar-refractivity contribution in [3.8, 4) is 11.3 Å². The van der Waals surface area contributed by atoms with Crippen molar-refractivity contribution in [3.63, 3.8) is 0 Å². The summed E-state index contributed by atoms with van der Waals surface area (Å²) >= 11 is 0. The molecule has 0 aliphatic carbocycles. The van der Waals surface area contributed by atoms with Crippen LogP contribution in [0, 0.1) is 27.7 Å². The molecule has 0 spiro atoms. The zero-order chi connectivity index (χ0) is 23.2. The topological polar surface area (TPSA) is 77.5 Å². The van der Waals surface area contributed by atoms with Crippen molar-refractivity contribution >= 4 is 11.1 Å². The number of aromatic nitrogens is 2. The molecule has 0 bridgehead atoms. The van der Waals surface area contributed by atoms with Gasteiger partial charge in [0, 0.05) is 18.2 Å². The summed E-state index contributed by atoms with van der Waals surface area (Å²) in [5, 5.41) is 10.8. The largest absolute Gasteiger partial charge is 0.437 e. The van der Waals surface area contributed by atoms with Gasteiger partial charge in [0.1, 0.15) is 12.0 Å². The lowest BCUT2D eigenvalue weighted by Crippen LogP contribution is -2.26. The fourth-order valence-corrected chi connectivity index (χ4v) is 4.91. The molecule has 2 aromatic heterocycles. The normalized spacial score (nSPS) is 21.0. The smallest absolute Gasteiger partial charge is 0.353 e. The zero-order valence-corrected chi connectivity index (χ0v) is 20.0. The molecule has 6 heteroatoms. The number of ether oxygens (including phenoxy) is 1. The molecule has 4 rings (SSSR count). The van der Waals surface area contributed by atoms with E-state index in [1.807, 2.05) is 6.07 Å². The highest BCUT2D eigenvalue weighted by molar-refractivity contribution is 5.82. The van der Waals surface area contributed by atoms with E-state index in [2.05, 4.69) is 39.6 Å². The molecule has 32 heavy (non-hydrogen) atoms. The van der Waals surface area contributed by atoms with Crippen molar-refractivity contribution in [1.82, 2.24) is 9.55 Å². The van der Waals surface area contributed by atoms with Gasteiger partial charge in [-0.1, -0.05) is 19.8 Å². The van der Waals surface area contributed by atoms with Crippen molar-refractivity contribution in [2.24, 2.45) is 0 Å². The van der Waals surface area contributed by atoms with E-state index in [4.69, 9.17) is 9.15 Å². The maximum absolute atomic E-state index is 12.6. The quantitative estimate of drug-likeness (QED) is 0.529. The predicted octanol–water partition coefficient (Wildman–Crippen LogP) is 5.29. The first-order chi connectivity index (χ1) is 15.2. The highest BCUT2D eigenvalue weighted by Crippen LogP contribution is 2.37. The van der Waals surface area contributed by atoms with Crippen LogP contribution < -0.4 is 5.69 Å². The number of aliphatic hydroxyl groups is 1. The van der Waals surface area contributed by atoms with Crippen molar-refractivity contribution in [2.75, 3.05) is 0 Å². The van der Waals surface area contributed by atoms with Gasteiger partial charge in [-0.15, -0.1) is 0 Å². The second-order valence-electron chi connectivity index (χ2n) is 9.21. The molecule has 1 N–H and O–H groups in total. The van der Waals surface area contributed by atoms with Gasteiger partial charge in [-0.25, -0.2) is 4.79 Å². The third-order valence-corrected chi connectivity index (χ3v) is 7.16. The van der Waals surface area contributed by atoms with Crippen LogP contribution in [-0.4, -0.2) is 26.9 Å². The van der Waals surface area contributed by atoms with E-state index in [9.17, 15) is 9.90 Å². The van der Waals surface area contributed by atoms with Crippen LogP contribution in [-0.2, 0) is 11.2 Å². The summed E-state index contributed by atoms with van der Waals surface area (Å²) < 4.78 is 13.3. The first-order valence-corrected chi connectivity index (χ1v) is 11.7. The molecule has 1 aliphatic rings. The van der Waals surface area contributed by atoms with Crippen LogP contribution in [0.3, 0.4) is 0 Å². The summed E-state index contributed by atoms with van der Waals surface area (Å²) in [4.78, 5) is 16.8. The number of aliphatic hydroxyl groups excluding tert-OH is 1. The summed E-state index contributed by atoms with van der Waals surface area (Å²) in [6, 6.07) is 1.96. The van der Waals surface area contributed by atoms with Gasteiger partial charge in [0.2, 0.25) is 5.71 Å². The fraction of sp³-hybridized carbons (Fsp3) is 0.538. The minimum atomic E-state index is -0.588. The van der Waals surface area contributed by atoms with E-state index in [-0.39, 0.29) is 6.10 Å². The van der Waals surface area contributed by atoms with Crippen LogP contribution in [0.25, 0.3) is 22.4 Å². The van der Waals surface area contributed by atoms with E-state index in [0.717, 1.165) is 23.1 Å². The number of hydrogen-bond acceptors (Lipinski definition) is 5. The highest BCUT2D eigenvalue weighted by Gasteiger charge is 2.32. The Morgan fingerprint density at radius 1 is 1.12 bits per heavy atom. The van der Waals surface area contributed by atoms with Crippen molar-refractivity contribution in [2.45, 2.75) is 92.1 Å². The first kappa shape index (κ1) is 22.7. The Bertz CT molecular complexity index is 1170. The summed E-state index contributed by atoms with van der Waals surface area (Å²) in [6.45, 7) is 12.7. The lowest BCUT2D eigenvalue weighted by atomic mass is 9.86. The Morgan fingerprint density at radius 2 is 1.81 bits per heavy atom. The van der Waals surface area contributed by atoms with Crippen LogP contribution in [0.15, 0.2) is 21.5 Å². The summed E-state index contributed by atoms with van der Waals surface area (Å²) in [5.74, 6) is 0.728. The Labute approximate surface area is 189 Å². The van der Waals surface area contributed by atoms with Crippen LogP contribution in [0.5, 0.6) is 0 Å². The minimum Gasteiger partial charge on any atom is -0.437 e. The third-order valence-electron chi connectivity index (χ3n) is 7.16. The fourth-order valence-electron chi connectivity index (χ4n) is 4.91. The molecular weight excluding hydrogens is 404 g/mol. The number of fused-ring (bicyclic) bond motifs is 1. The van der Waals surface area contributed by atoms with Crippen LogP contribution >= 0.6 is 0 Å². The van der Waals surface area contributed by atoms with Gasteiger partial charge >= 0.3 is 5.69 Å². The average molecular weight is 439 g/mol. The monoisotopic (exact) mass is 438 g/mol. The van der Waals surface area contributed by atoms with Gasteiger partial charge in [-0.2, -0.15) is 4.98 Å². The number of hydrogen-bond donors (Lipinski definition) is 1. The molecule has 0 radical (unpaired) electrons. The average Bonchev–Trinajstić information content (AvgIpc) is 3.30. The molecule has 2 unspecified atom stereocenters. The van der Waals surface area contributed by atoms with Gasteiger partial charge in [0.15, 0.2) is 0 Å². The first-order valence-electron chi connectivity index (χ1n) is 11.7. The molecule has 0 saturated carbocycles. The summed E-state index contributed by atoms with van der Waals surface area (Å²) in [6.07, 6.45) is 5.44. The Balaban J connectivity index is 1.76. The van der Waals surface area contributed by atoms with Gasteiger partial charge in [0.25, 0.3) is 0 Å². The van der Waals surface area contributed by atoms with E-state index in [1.54, 1.807) is 13.1 Å². The van der Waals surface area contributed by atoms with E-state index >= 15 is 0 Å². The minimum absolute atomic E-state index is 0.311. The molecule has 1 aliphatic heterocycles. The van der Waals surface area contributed by atoms with Crippen LogP contribution in [0.4, 0.5) is 0 Å². The van der Waals surface area contributed by atoms with E-state index < -0.39 is 18.0 Å². The number of nitrogens with zero attached hydrogens (tertiary/aromatic N) is 2. The summed E-state index contributed by atoms with van der Waals surface area (Å²) in [7, 11) is 0. The second kappa shape index (κ2) is 8.83. The van der Waals surface area contributed by atoms with Crippen molar-refractivity contribution in [3.05, 3.63) is 50.6 Å². The van der Waals surface area contributed by atoms with Gasteiger partial charge < -0.3 is 14.3 Å². The number of rotatable bonds is 6.